The van der Waals surface area contributed by atoms with Gasteiger partial charge in [0.15, 0.2) is 0 Å². The van der Waals surface area contributed by atoms with Crippen molar-refractivity contribution in [2.75, 3.05) is 0 Å². The Hall–Kier alpha value is -0.850. The van der Waals surface area contributed by atoms with E-state index in [0.29, 0.717) is 0 Å². The van der Waals surface area contributed by atoms with Gasteiger partial charge < -0.3 is 0 Å². The summed E-state index contributed by atoms with van der Waals surface area (Å²) in [5.74, 6) is -0.0449. The Kier molecular flexibility index (Phi) is 3.47. The van der Waals surface area contributed by atoms with Gasteiger partial charge in [0.1, 0.15) is 5.82 Å². The van der Waals surface area contributed by atoms with Crippen LogP contribution in [0.15, 0.2) is 12.1 Å². The summed E-state index contributed by atoms with van der Waals surface area (Å²) < 4.78 is 13.4. The molecule has 1 rings (SSSR count). The molecule has 0 amide bonds. The van der Waals surface area contributed by atoms with Crippen LogP contribution in [0.1, 0.15) is 37.5 Å². The van der Waals surface area contributed by atoms with Crippen molar-refractivity contribution >= 4 is 0 Å². The van der Waals surface area contributed by atoms with Crippen LogP contribution in [0.25, 0.3) is 0 Å². The third kappa shape index (κ3) is 2.09. The number of halogens is 1. The summed E-state index contributed by atoms with van der Waals surface area (Å²) in [6, 6.07) is 3.70. The fraction of sp³-hybridized carbons (Fsp3) is 0.500. The highest BCUT2D eigenvalue weighted by Crippen LogP contribution is 2.17. The Morgan fingerprint density at radius 3 is 1.77 bits per heavy atom. The van der Waals surface area contributed by atoms with Crippen LogP contribution >= 0.6 is 0 Å². The highest BCUT2D eigenvalue weighted by atomic mass is 19.1. The fourth-order valence-corrected chi connectivity index (χ4v) is 1.64. The Bertz CT molecular complexity index is 289. The highest BCUT2D eigenvalue weighted by molar-refractivity contribution is 5.33. The van der Waals surface area contributed by atoms with Crippen molar-refractivity contribution in [2.45, 2.75) is 40.0 Å². The van der Waals surface area contributed by atoms with E-state index in [4.69, 9.17) is 0 Å². The van der Waals surface area contributed by atoms with E-state index in [1.165, 1.54) is 5.56 Å². The zero-order chi connectivity index (χ0) is 9.84. The third-order valence-electron chi connectivity index (χ3n) is 2.51. The molecule has 0 nitrogen and oxygen atoms in total. The molecule has 0 aliphatic heterocycles. The first-order valence-corrected chi connectivity index (χ1v) is 5.03. The molecule has 0 heterocycles. The topological polar surface area (TPSA) is 0 Å². The summed E-state index contributed by atoms with van der Waals surface area (Å²) >= 11 is 0. The number of hydrogen-bond donors (Lipinski definition) is 0. The predicted octanol–water partition coefficient (Wildman–Crippen LogP) is 3.51. The van der Waals surface area contributed by atoms with Crippen molar-refractivity contribution in [1.82, 2.24) is 0 Å². The number of hydrogen-bond acceptors (Lipinski definition) is 0. The van der Waals surface area contributed by atoms with Gasteiger partial charge in [-0.3, -0.25) is 0 Å². The predicted molar refractivity (Wildman–Crippen MR) is 54.5 cm³/mol. The molecule has 0 spiro atoms. The van der Waals surface area contributed by atoms with E-state index in [9.17, 15) is 4.39 Å². The zero-order valence-electron chi connectivity index (χ0n) is 8.65. The average molecular weight is 180 g/mol. The van der Waals surface area contributed by atoms with Gasteiger partial charge in [0, 0.05) is 0 Å². The van der Waals surface area contributed by atoms with E-state index in [1.54, 1.807) is 6.07 Å². The molecule has 13 heavy (non-hydrogen) atoms. The lowest BCUT2D eigenvalue weighted by Crippen LogP contribution is -1.97. The maximum atomic E-state index is 13.4. The average Bonchev–Trinajstić information content (AvgIpc) is 2.17. The van der Waals surface area contributed by atoms with Crippen LogP contribution in [-0.4, -0.2) is 0 Å². The zero-order valence-corrected chi connectivity index (χ0v) is 8.65. The number of benzene rings is 1. The lowest BCUT2D eigenvalue weighted by atomic mass is 9.98. The van der Waals surface area contributed by atoms with Gasteiger partial charge in [-0.15, -0.1) is 0 Å². The normalized spacial score (nSPS) is 10.5. The molecule has 0 unspecified atom stereocenters. The summed E-state index contributed by atoms with van der Waals surface area (Å²) in [5, 5.41) is 0. The van der Waals surface area contributed by atoms with Crippen molar-refractivity contribution in [1.29, 1.82) is 0 Å². The minimum absolute atomic E-state index is 0.0449. The van der Waals surface area contributed by atoms with E-state index in [2.05, 4.69) is 13.8 Å². The van der Waals surface area contributed by atoms with E-state index < -0.39 is 0 Å². The van der Waals surface area contributed by atoms with Crippen LogP contribution in [0.5, 0.6) is 0 Å². The van der Waals surface area contributed by atoms with Crippen molar-refractivity contribution < 1.29 is 4.39 Å². The van der Waals surface area contributed by atoms with Crippen LogP contribution in [0.2, 0.25) is 0 Å². The summed E-state index contributed by atoms with van der Waals surface area (Å²) in [4.78, 5) is 0. The molecule has 1 heteroatoms. The first-order valence-electron chi connectivity index (χ1n) is 5.03. The van der Waals surface area contributed by atoms with E-state index >= 15 is 0 Å². The molecule has 0 bridgehead atoms. The molecule has 0 radical (unpaired) electrons. The highest BCUT2D eigenvalue weighted by Gasteiger charge is 2.05. The standard InChI is InChI=1S/C12H17F/c1-4-9-7-11(6-3)12(13)8-10(9)5-2/h7-8H,4-6H2,1-3H3. The van der Waals surface area contributed by atoms with Gasteiger partial charge in [-0.2, -0.15) is 0 Å². The molecule has 0 saturated heterocycles. The Labute approximate surface area is 79.8 Å². The second-order valence-corrected chi connectivity index (χ2v) is 3.27. The van der Waals surface area contributed by atoms with Crippen LogP contribution in [0.4, 0.5) is 4.39 Å². The molecule has 1 aromatic carbocycles. The summed E-state index contributed by atoms with van der Waals surface area (Å²) in [5.41, 5.74) is 3.28. The van der Waals surface area contributed by atoms with Crippen molar-refractivity contribution in [2.24, 2.45) is 0 Å². The molecule has 72 valence electrons. The van der Waals surface area contributed by atoms with E-state index in [0.717, 1.165) is 30.4 Å². The third-order valence-corrected chi connectivity index (χ3v) is 2.51. The van der Waals surface area contributed by atoms with Gasteiger partial charge in [-0.05, 0) is 42.0 Å². The molecular formula is C12H17F. The second-order valence-electron chi connectivity index (χ2n) is 3.27. The lowest BCUT2D eigenvalue weighted by molar-refractivity contribution is 0.608. The van der Waals surface area contributed by atoms with Crippen LogP contribution in [0, 0.1) is 5.82 Å². The van der Waals surface area contributed by atoms with Crippen LogP contribution < -0.4 is 0 Å². The molecular weight excluding hydrogens is 163 g/mol. The van der Waals surface area contributed by atoms with E-state index in [-0.39, 0.29) is 5.82 Å². The number of rotatable bonds is 3. The van der Waals surface area contributed by atoms with Gasteiger partial charge in [0.25, 0.3) is 0 Å². The summed E-state index contributed by atoms with van der Waals surface area (Å²) in [6.07, 6.45) is 2.70. The van der Waals surface area contributed by atoms with Crippen LogP contribution in [0.3, 0.4) is 0 Å². The molecule has 0 atom stereocenters. The largest absolute Gasteiger partial charge is 0.207 e. The Balaban J connectivity index is 3.18. The monoisotopic (exact) mass is 180 g/mol. The van der Waals surface area contributed by atoms with Crippen molar-refractivity contribution in [3.8, 4) is 0 Å². The minimum atomic E-state index is -0.0449. The van der Waals surface area contributed by atoms with Crippen molar-refractivity contribution in [3.63, 3.8) is 0 Å². The van der Waals surface area contributed by atoms with Gasteiger partial charge in [0.05, 0.1) is 0 Å². The molecule has 0 fully saturated rings. The lowest BCUT2D eigenvalue weighted by Gasteiger charge is -2.08. The summed E-state index contributed by atoms with van der Waals surface area (Å²) in [6.45, 7) is 6.18. The molecule has 0 N–H and O–H groups in total. The van der Waals surface area contributed by atoms with Gasteiger partial charge in [-0.1, -0.05) is 26.8 Å². The Morgan fingerprint density at radius 2 is 1.31 bits per heavy atom. The summed E-state index contributed by atoms with van der Waals surface area (Å²) in [7, 11) is 0. The van der Waals surface area contributed by atoms with Gasteiger partial charge in [0.2, 0.25) is 0 Å². The minimum Gasteiger partial charge on any atom is -0.207 e. The molecule has 0 saturated carbocycles. The SMILES string of the molecule is CCc1cc(CC)c(CC)cc1F. The smallest absolute Gasteiger partial charge is 0.126 e. The number of aryl methyl sites for hydroxylation is 3. The molecule has 0 aliphatic rings. The van der Waals surface area contributed by atoms with Crippen LogP contribution in [-0.2, 0) is 19.3 Å². The maximum absolute atomic E-state index is 13.4. The fourth-order valence-electron chi connectivity index (χ4n) is 1.64. The molecule has 0 aliphatic carbocycles. The second kappa shape index (κ2) is 4.40. The van der Waals surface area contributed by atoms with E-state index in [1.807, 2.05) is 13.0 Å². The molecule has 0 aromatic heterocycles. The maximum Gasteiger partial charge on any atom is 0.126 e. The first kappa shape index (κ1) is 10.2. The quantitative estimate of drug-likeness (QED) is 0.667. The van der Waals surface area contributed by atoms with Crippen molar-refractivity contribution in [3.05, 3.63) is 34.6 Å². The Morgan fingerprint density at radius 1 is 0.846 bits per heavy atom. The first-order chi connectivity index (χ1) is 6.22. The van der Waals surface area contributed by atoms with Gasteiger partial charge >= 0.3 is 0 Å². The van der Waals surface area contributed by atoms with Gasteiger partial charge in [-0.25, -0.2) is 4.39 Å². The molecule has 1 aromatic rings.